The largest absolute Gasteiger partial charge is 0.431 e. The molecule has 3 aromatic rings. The number of carbonyl (C=O) groups excluding carboxylic acids is 2. The van der Waals surface area contributed by atoms with E-state index in [1.54, 1.807) is 24.3 Å². The van der Waals surface area contributed by atoms with Gasteiger partial charge in [-0.15, -0.1) is 0 Å². The first-order valence-electron chi connectivity index (χ1n) is 9.50. The Morgan fingerprint density at radius 3 is 2.38 bits per heavy atom. The number of aromatic nitrogens is 1. The van der Waals surface area contributed by atoms with Crippen molar-refractivity contribution in [2.45, 2.75) is 20.8 Å². The lowest BCUT2D eigenvalue weighted by molar-refractivity contribution is 0.101. The molecule has 2 amide bonds. The summed E-state index contributed by atoms with van der Waals surface area (Å²) >= 11 is 0. The van der Waals surface area contributed by atoms with Crippen LogP contribution in [0.3, 0.4) is 0 Å². The average Bonchev–Trinajstić information content (AvgIpc) is 3.20. The van der Waals surface area contributed by atoms with Gasteiger partial charge in [0.25, 0.3) is 11.8 Å². The maximum absolute atomic E-state index is 12.5. The van der Waals surface area contributed by atoms with Crippen molar-refractivity contribution in [2.75, 3.05) is 28.6 Å². The van der Waals surface area contributed by atoms with Gasteiger partial charge in [0.1, 0.15) is 6.26 Å². The molecule has 3 rings (SSSR count). The number of carbonyl (C=O) groups is 2. The van der Waals surface area contributed by atoms with E-state index in [-0.39, 0.29) is 17.6 Å². The van der Waals surface area contributed by atoms with Crippen molar-refractivity contribution in [1.82, 2.24) is 4.98 Å². The molecule has 1 heterocycles. The minimum absolute atomic E-state index is 0.0300. The lowest BCUT2D eigenvalue weighted by Crippen LogP contribution is -2.22. The first kappa shape index (κ1) is 20.1. The van der Waals surface area contributed by atoms with Crippen molar-refractivity contribution in [3.8, 4) is 0 Å². The smallest absolute Gasteiger partial charge is 0.302 e. The Balaban J connectivity index is 1.67. The zero-order valence-electron chi connectivity index (χ0n) is 16.7. The predicted octanol–water partition coefficient (Wildman–Crippen LogP) is 4.33. The van der Waals surface area contributed by atoms with E-state index in [0.29, 0.717) is 11.3 Å². The van der Waals surface area contributed by atoms with Gasteiger partial charge in [-0.2, -0.15) is 4.98 Å². The van der Waals surface area contributed by atoms with E-state index in [1.165, 1.54) is 6.26 Å². The number of benzene rings is 2. The van der Waals surface area contributed by atoms with Crippen molar-refractivity contribution in [1.29, 1.82) is 0 Å². The number of anilines is 3. The Kier molecular flexibility index (Phi) is 6.29. The number of rotatable bonds is 7. The average molecular weight is 392 g/mol. The van der Waals surface area contributed by atoms with Gasteiger partial charge < -0.3 is 14.6 Å². The Bertz CT molecular complexity index is 994. The number of oxazole rings is 1. The fraction of sp³-hybridized carbons (Fsp3) is 0.227. The molecule has 0 radical (unpaired) electrons. The molecule has 0 spiro atoms. The van der Waals surface area contributed by atoms with Gasteiger partial charge in [-0.1, -0.05) is 18.2 Å². The van der Waals surface area contributed by atoms with Crippen molar-refractivity contribution >= 4 is 29.2 Å². The standard InChI is InChI=1S/C22H24N4O3/c1-4-26(5-2)17-11-12-18(15(3)13-17)23-21(28)19-14-29-22(24-19)25-20(27)16-9-7-6-8-10-16/h6-14H,4-5H2,1-3H3,(H,23,28)(H,24,25,27). The normalized spacial score (nSPS) is 10.4. The lowest BCUT2D eigenvalue weighted by Gasteiger charge is -2.22. The molecule has 150 valence electrons. The van der Waals surface area contributed by atoms with E-state index < -0.39 is 5.91 Å². The summed E-state index contributed by atoms with van der Waals surface area (Å²) in [5.74, 6) is -0.769. The highest BCUT2D eigenvalue weighted by Gasteiger charge is 2.16. The molecule has 0 bridgehead atoms. The molecule has 0 unspecified atom stereocenters. The van der Waals surface area contributed by atoms with Gasteiger partial charge in [-0.3, -0.25) is 14.9 Å². The molecule has 2 aromatic carbocycles. The third-order valence-electron chi connectivity index (χ3n) is 4.58. The molecule has 0 saturated carbocycles. The highest BCUT2D eigenvalue weighted by Crippen LogP contribution is 2.23. The SMILES string of the molecule is CCN(CC)c1ccc(NC(=O)c2coc(NC(=O)c3ccccc3)n2)c(C)c1. The zero-order valence-corrected chi connectivity index (χ0v) is 16.7. The van der Waals surface area contributed by atoms with Gasteiger partial charge in [0.05, 0.1) is 0 Å². The fourth-order valence-electron chi connectivity index (χ4n) is 2.95. The summed E-state index contributed by atoms with van der Waals surface area (Å²) in [5.41, 5.74) is 3.31. The molecule has 0 aliphatic heterocycles. The van der Waals surface area contributed by atoms with E-state index in [1.807, 2.05) is 31.2 Å². The first-order chi connectivity index (χ1) is 14.0. The molecule has 1 aromatic heterocycles. The summed E-state index contributed by atoms with van der Waals surface area (Å²) in [7, 11) is 0. The van der Waals surface area contributed by atoms with Crippen LogP contribution in [0.1, 0.15) is 40.3 Å². The molecule has 0 atom stereocenters. The topological polar surface area (TPSA) is 87.5 Å². The zero-order chi connectivity index (χ0) is 20.8. The van der Waals surface area contributed by atoms with E-state index in [2.05, 4.69) is 34.4 Å². The van der Waals surface area contributed by atoms with Gasteiger partial charge in [0, 0.05) is 30.0 Å². The predicted molar refractivity (Wildman–Crippen MR) is 114 cm³/mol. The molecule has 29 heavy (non-hydrogen) atoms. The molecule has 7 heteroatoms. The number of aryl methyl sites for hydroxylation is 1. The molecule has 0 aliphatic rings. The number of hydrogen-bond acceptors (Lipinski definition) is 5. The van der Waals surface area contributed by atoms with Crippen LogP contribution in [0, 0.1) is 6.92 Å². The van der Waals surface area contributed by atoms with E-state index in [4.69, 9.17) is 4.42 Å². The summed E-state index contributed by atoms with van der Waals surface area (Å²) in [4.78, 5) is 30.9. The van der Waals surface area contributed by atoms with Gasteiger partial charge in [0.2, 0.25) is 0 Å². The Morgan fingerprint density at radius 2 is 1.72 bits per heavy atom. The minimum Gasteiger partial charge on any atom is -0.431 e. The first-order valence-corrected chi connectivity index (χ1v) is 9.50. The Hall–Kier alpha value is -3.61. The molecule has 2 N–H and O–H groups in total. The van der Waals surface area contributed by atoms with Crippen LogP contribution in [0.2, 0.25) is 0 Å². The maximum Gasteiger partial charge on any atom is 0.302 e. The highest BCUT2D eigenvalue weighted by molar-refractivity contribution is 6.05. The number of nitrogens with one attached hydrogen (secondary N) is 2. The van der Waals surface area contributed by atoms with Gasteiger partial charge >= 0.3 is 6.01 Å². The maximum atomic E-state index is 12.5. The molecule has 0 saturated heterocycles. The Labute approximate surface area is 169 Å². The van der Waals surface area contributed by atoms with Crippen LogP contribution in [0.5, 0.6) is 0 Å². The Morgan fingerprint density at radius 1 is 1.00 bits per heavy atom. The number of amides is 2. The summed E-state index contributed by atoms with van der Waals surface area (Å²) in [6.45, 7) is 7.98. The lowest BCUT2D eigenvalue weighted by atomic mass is 10.1. The second-order valence-electron chi connectivity index (χ2n) is 6.48. The summed E-state index contributed by atoms with van der Waals surface area (Å²) in [5, 5.41) is 5.37. The van der Waals surface area contributed by atoms with Crippen LogP contribution in [-0.2, 0) is 0 Å². The van der Waals surface area contributed by atoms with Gasteiger partial charge in [-0.05, 0) is 56.7 Å². The van der Waals surface area contributed by atoms with Crippen LogP contribution >= 0.6 is 0 Å². The molecule has 7 nitrogen and oxygen atoms in total. The quantitative estimate of drug-likeness (QED) is 0.625. The number of nitrogens with zero attached hydrogens (tertiary/aromatic N) is 2. The van der Waals surface area contributed by atoms with E-state index >= 15 is 0 Å². The van der Waals surface area contributed by atoms with Crippen LogP contribution in [0.15, 0.2) is 59.2 Å². The van der Waals surface area contributed by atoms with E-state index in [9.17, 15) is 9.59 Å². The second kappa shape index (κ2) is 9.05. The van der Waals surface area contributed by atoms with Crippen LogP contribution in [-0.4, -0.2) is 29.9 Å². The fourth-order valence-corrected chi connectivity index (χ4v) is 2.95. The van der Waals surface area contributed by atoms with Crippen LogP contribution in [0.25, 0.3) is 0 Å². The van der Waals surface area contributed by atoms with Crippen LogP contribution in [0.4, 0.5) is 17.4 Å². The molecular weight excluding hydrogens is 368 g/mol. The summed E-state index contributed by atoms with van der Waals surface area (Å²) in [6, 6.07) is 14.6. The molecular formula is C22H24N4O3. The van der Waals surface area contributed by atoms with Gasteiger partial charge in [0.15, 0.2) is 5.69 Å². The highest BCUT2D eigenvalue weighted by atomic mass is 16.4. The number of hydrogen-bond donors (Lipinski definition) is 2. The van der Waals surface area contributed by atoms with Crippen molar-refractivity contribution in [3.05, 3.63) is 71.6 Å². The van der Waals surface area contributed by atoms with Crippen molar-refractivity contribution in [3.63, 3.8) is 0 Å². The molecule has 0 fully saturated rings. The summed E-state index contributed by atoms with van der Waals surface area (Å²) in [6.07, 6.45) is 1.22. The van der Waals surface area contributed by atoms with Gasteiger partial charge in [-0.25, -0.2) is 0 Å². The summed E-state index contributed by atoms with van der Waals surface area (Å²) < 4.78 is 5.21. The third-order valence-corrected chi connectivity index (χ3v) is 4.58. The van der Waals surface area contributed by atoms with Crippen molar-refractivity contribution < 1.29 is 14.0 Å². The monoisotopic (exact) mass is 392 g/mol. The third kappa shape index (κ3) is 4.82. The minimum atomic E-state index is -0.410. The van der Waals surface area contributed by atoms with Crippen LogP contribution < -0.4 is 15.5 Å². The molecule has 0 aliphatic carbocycles. The van der Waals surface area contributed by atoms with E-state index in [0.717, 1.165) is 24.3 Å². The van der Waals surface area contributed by atoms with Crippen molar-refractivity contribution in [2.24, 2.45) is 0 Å². The second-order valence-corrected chi connectivity index (χ2v) is 6.48.